The average molecular weight is 352 g/mol. The zero-order chi connectivity index (χ0) is 18.1. The topological polar surface area (TPSA) is 81.3 Å². The molecule has 2 aliphatic rings. The summed E-state index contributed by atoms with van der Waals surface area (Å²) in [7, 11) is 1.67. The number of fused-ring (bicyclic) bond motifs is 2. The second-order valence-electron chi connectivity index (χ2n) is 7.40. The number of nitrogens with two attached hydrogens (primary N) is 1. The van der Waals surface area contributed by atoms with Gasteiger partial charge in [0.25, 0.3) is 0 Å². The van der Waals surface area contributed by atoms with Crippen molar-refractivity contribution in [2.75, 3.05) is 12.0 Å². The molecule has 0 aliphatic carbocycles. The Hall–Kier alpha value is -2.63. The number of primary amides is 1. The van der Waals surface area contributed by atoms with Crippen LogP contribution >= 0.6 is 0 Å². The lowest BCUT2D eigenvalue weighted by molar-refractivity contribution is -0.119. The number of ether oxygens (including phenoxy) is 1. The lowest BCUT2D eigenvalue weighted by atomic mass is 9.67. The molecule has 1 aromatic heterocycles. The highest BCUT2D eigenvalue weighted by Crippen LogP contribution is 2.50. The maximum absolute atomic E-state index is 11.9. The molecule has 2 saturated heterocycles. The molecule has 0 radical (unpaired) electrons. The molecule has 3 heterocycles. The highest BCUT2D eigenvalue weighted by atomic mass is 16.5. The van der Waals surface area contributed by atoms with Crippen molar-refractivity contribution in [2.45, 2.75) is 49.6 Å². The van der Waals surface area contributed by atoms with Gasteiger partial charge in [-0.3, -0.25) is 4.79 Å². The zero-order valence-corrected chi connectivity index (χ0v) is 15.0. The van der Waals surface area contributed by atoms with E-state index in [0.29, 0.717) is 18.5 Å². The van der Waals surface area contributed by atoms with E-state index in [9.17, 15) is 4.79 Å². The lowest BCUT2D eigenvalue weighted by Gasteiger charge is -2.46. The largest absolute Gasteiger partial charge is 0.497 e. The third-order valence-corrected chi connectivity index (χ3v) is 5.85. The second-order valence-corrected chi connectivity index (χ2v) is 7.40. The fourth-order valence-electron chi connectivity index (χ4n) is 4.87. The van der Waals surface area contributed by atoms with Gasteiger partial charge >= 0.3 is 0 Å². The lowest BCUT2D eigenvalue weighted by Crippen LogP contribution is -2.51. The predicted molar refractivity (Wildman–Crippen MR) is 99.0 cm³/mol. The molecule has 26 heavy (non-hydrogen) atoms. The first-order valence-electron chi connectivity index (χ1n) is 9.09. The first-order chi connectivity index (χ1) is 12.6. The van der Waals surface area contributed by atoms with Crippen LogP contribution in [0.25, 0.3) is 0 Å². The van der Waals surface area contributed by atoms with Gasteiger partial charge in [-0.05, 0) is 49.4 Å². The van der Waals surface area contributed by atoms with Crippen molar-refractivity contribution < 1.29 is 9.53 Å². The molecule has 2 bridgehead atoms. The molecule has 2 fully saturated rings. The van der Waals surface area contributed by atoms with Crippen LogP contribution in [0.3, 0.4) is 0 Å². The number of nitrogens with zero attached hydrogens (tertiary/aromatic N) is 3. The Labute approximate surface area is 153 Å². The summed E-state index contributed by atoms with van der Waals surface area (Å²) in [5.74, 6) is 1.35. The van der Waals surface area contributed by atoms with Crippen molar-refractivity contribution in [1.29, 1.82) is 0 Å². The van der Waals surface area contributed by atoms with Gasteiger partial charge in [0.1, 0.15) is 5.75 Å². The highest BCUT2D eigenvalue weighted by Gasteiger charge is 2.50. The third kappa shape index (κ3) is 2.89. The van der Waals surface area contributed by atoms with E-state index in [2.05, 4.69) is 27.0 Å². The third-order valence-electron chi connectivity index (χ3n) is 5.85. The van der Waals surface area contributed by atoms with Crippen LogP contribution < -0.4 is 15.4 Å². The maximum atomic E-state index is 11.9. The second kappa shape index (κ2) is 6.59. The standard InChI is InChI=1S/C20H24N4O2/c1-26-17-5-2-4-14(10-17)20(13-18(21)25)11-15-6-7-16(12-20)24(15)19-22-8-3-9-23-19/h2-5,8-10,15-16H,6-7,11-13H2,1H3,(H2,21,25). The Kier molecular flexibility index (Phi) is 4.26. The number of rotatable bonds is 5. The Bertz CT molecular complexity index is 781. The summed E-state index contributed by atoms with van der Waals surface area (Å²) in [4.78, 5) is 23.2. The van der Waals surface area contributed by atoms with Crippen LogP contribution in [0.5, 0.6) is 5.75 Å². The molecular weight excluding hydrogens is 328 g/mol. The molecule has 2 atom stereocenters. The maximum Gasteiger partial charge on any atom is 0.225 e. The van der Waals surface area contributed by atoms with Crippen LogP contribution in [0.4, 0.5) is 5.95 Å². The highest BCUT2D eigenvalue weighted by molar-refractivity contribution is 5.76. The van der Waals surface area contributed by atoms with Gasteiger partial charge in [0, 0.05) is 36.3 Å². The number of benzene rings is 1. The van der Waals surface area contributed by atoms with Crippen LogP contribution in [-0.4, -0.2) is 35.1 Å². The van der Waals surface area contributed by atoms with E-state index in [1.165, 1.54) is 0 Å². The molecule has 1 amide bonds. The molecule has 2 aliphatic heterocycles. The van der Waals surface area contributed by atoms with Crippen LogP contribution in [0.2, 0.25) is 0 Å². The Morgan fingerprint density at radius 3 is 2.54 bits per heavy atom. The van der Waals surface area contributed by atoms with Crippen LogP contribution in [0.15, 0.2) is 42.7 Å². The summed E-state index contributed by atoms with van der Waals surface area (Å²) < 4.78 is 5.41. The van der Waals surface area contributed by atoms with E-state index in [1.807, 2.05) is 18.2 Å². The molecule has 4 rings (SSSR count). The van der Waals surface area contributed by atoms with Crippen molar-refractivity contribution in [3.8, 4) is 5.75 Å². The smallest absolute Gasteiger partial charge is 0.225 e. The molecular formula is C20H24N4O2. The molecule has 2 unspecified atom stereocenters. The quantitative estimate of drug-likeness (QED) is 0.894. The van der Waals surface area contributed by atoms with E-state index in [1.54, 1.807) is 19.5 Å². The van der Waals surface area contributed by atoms with Gasteiger partial charge in [-0.2, -0.15) is 0 Å². The van der Waals surface area contributed by atoms with Crippen LogP contribution in [-0.2, 0) is 10.2 Å². The van der Waals surface area contributed by atoms with Gasteiger partial charge in [-0.25, -0.2) is 9.97 Å². The fraction of sp³-hybridized carbons (Fsp3) is 0.450. The predicted octanol–water partition coefficient (Wildman–Crippen LogP) is 2.43. The van der Waals surface area contributed by atoms with Crippen molar-refractivity contribution >= 4 is 11.9 Å². The summed E-state index contributed by atoms with van der Waals surface area (Å²) in [6, 6.07) is 10.6. The number of piperidine rings is 1. The first kappa shape index (κ1) is 16.8. The monoisotopic (exact) mass is 352 g/mol. The molecule has 0 saturated carbocycles. The minimum absolute atomic E-state index is 0.252. The first-order valence-corrected chi connectivity index (χ1v) is 9.09. The van der Waals surface area contributed by atoms with E-state index in [-0.39, 0.29) is 11.3 Å². The number of methoxy groups -OCH3 is 1. The van der Waals surface area contributed by atoms with Crippen molar-refractivity contribution in [2.24, 2.45) is 5.73 Å². The molecule has 1 aromatic carbocycles. The summed E-state index contributed by atoms with van der Waals surface area (Å²) in [5, 5.41) is 0. The number of carbonyl (C=O) groups is 1. The average Bonchev–Trinajstić information content (AvgIpc) is 2.93. The van der Waals surface area contributed by atoms with E-state index < -0.39 is 0 Å². The number of aromatic nitrogens is 2. The molecule has 0 spiro atoms. The summed E-state index contributed by atoms with van der Waals surface area (Å²) in [6.45, 7) is 0. The minimum Gasteiger partial charge on any atom is -0.497 e. The van der Waals surface area contributed by atoms with Crippen LogP contribution in [0, 0.1) is 0 Å². The molecule has 2 N–H and O–H groups in total. The van der Waals surface area contributed by atoms with Gasteiger partial charge in [-0.15, -0.1) is 0 Å². The fourth-order valence-corrected chi connectivity index (χ4v) is 4.87. The number of hydrogen-bond donors (Lipinski definition) is 1. The van der Waals surface area contributed by atoms with E-state index in [0.717, 1.165) is 42.9 Å². The zero-order valence-electron chi connectivity index (χ0n) is 15.0. The minimum atomic E-state index is -0.253. The number of hydrogen-bond acceptors (Lipinski definition) is 5. The molecule has 2 aromatic rings. The molecule has 6 nitrogen and oxygen atoms in total. The van der Waals surface area contributed by atoms with E-state index >= 15 is 0 Å². The summed E-state index contributed by atoms with van der Waals surface area (Å²) in [6.07, 6.45) is 7.86. The summed E-state index contributed by atoms with van der Waals surface area (Å²) in [5.41, 5.74) is 6.55. The number of carbonyl (C=O) groups excluding carboxylic acids is 1. The van der Waals surface area contributed by atoms with Gasteiger partial charge < -0.3 is 15.4 Å². The normalized spacial score (nSPS) is 27.3. The number of amides is 1. The van der Waals surface area contributed by atoms with Crippen LogP contribution in [0.1, 0.15) is 37.7 Å². The van der Waals surface area contributed by atoms with Gasteiger partial charge in [0.15, 0.2) is 0 Å². The Morgan fingerprint density at radius 1 is 1.23 bits per heavy atom. The van der Waals surface area contributed by atoms with Crippen molar-refractivity contribution in [3.05, 3.63) is 48.3 Å². The summed E-state index contributed by atoms with van der Waals surface area (Å²) >= 11 is 0. The molecule has 6 heteroatoms. The number of anilines is 1. The van der Waals surface area contributed by atoms with Gasteiger partial charge in [0.2, 0.25) is 11.9 Å². The van der Waals surface area contributed by atoms with Gasteiger partial charge in [0.05, 0.1) is 7.11 Å². The van der Waals surface area contributed by atoms with Crippen molar-refractivity contribution in [3.63, 3.8) is 0 Å². The van der Waals surface area contributed by atoms with Gasteiger partial charge in [-0.1, -0.05) is 12.1 Å². The Morgan fingerprint density at radius 2 is 1.92 bits per heavy atom. The van der Waals surface area contributed by atoms with E-state index in [4.69, 9.17) is 10.5 Å². The SMILES string of the molecule is COc1cccc(C2(CC(N)=O)CC3CCC(C2)N3c2ncccn2)c1. The Balaban J connectivity index is 1.70. The van der Waals surface area contributed by atoms with Crippen molar-refractivity contribution in [1.82, 2.24) is 9.97 Å². The molecule has 136 valence electrons.